The van der Waals surface area contributed by atoms with Gasteiger partial charge in [-0.05, 0) is 31.5 Å². The van der Waals surface area contributed by atoms with Crippen LogP contribution in [-0.2, 0) is 4.79 Å². The molecule has 1 aliphatic heterocycles. The van der Waals surface area contributed by atoms with Gasteiger partial charge in [-0.15, -0.1) is 0 Å². The van der Waals surface area contributed by atoms with Crippen LogP contribution in [0.1, 0.15) is 30.6 Å². The van der Waals surface area contributed by atoms with Crippen molar-refractivity contribution >= 4 is 11.8 Å². The first-order valence-corrected chi connectivity index (χ1v) is 7.50. The summed E-state index contributed by atoms with van der Waals surface area (Å²) in [6, 6.07) is 4.26. The molecule has 1 aromatic rings. The lowest BCUT2D eigenvalue weighted by Gasteiger charge is -2.21. The van der Waals surface area contributed by atoms with Gasteiger partial charge in [-0.3, -0.25) is 9.59 Å². The van der Waals surface area contributed by atoms with Crippen LogP contribution in [0.4, 0.5) is 4.39 Å². The van der Waals surface area contributed by atoms with E-state index < -0.39 is 5.82 Å². The Kier molecular flexibility index (Phi) is 5.35. The third-order valence-corrected chi connectivity index (χ3v) is 3.71. The van der Waals surface area contributed by atoms with Gasteiger partial charge in [0.05, 0.1) is 6.61 Å². The molecule has 0 spiro atoms. The van der Waals surface area contributed by atoms with E-state index in [1.807, 2.05) is 0 Å². The number of hydrogen-bond acceptors (Lipinski definition) is 3. The number of benzene rings is 1. The first-order chi connectivity index (χ1) is 10.5. The SMILES string of the molecule is CCOc1ccc(C(=O)N2CCCN(C(C)=O)CC2)cc1F. The highest BCUT2D eigenvalue weighted by molar-refractivity contribution is 5.94. The molecule has 1 fully saturated rings. The second-order valence-electron chi connectivity index (χ2n) is 5.23. The fourth-order valence-corrected chi connectivity index (χ4v) is 2.52. The maximum absolute atomic E-state index is 13.9. The summed E-state index contributed by atoms with van der Waals surface area (Å²) >= 11 is 0. The van der Waals surface area contributed by atoms with E-state index in [0.717, 1.165) is 6.42 Å². The molecule has 1 saturated heterocycles. The van der Waals surface area contributed by atoms with Gasteiger partial charge in [-0.25, -0.2) is 4.39 Å². The number of carbonyl (C=O) groups excluding carboxylic acids is 2. The maximum atomic E-state index is 13.9. The number of halogens is 1. The van der Waals surface area contributed by atoms with Gasteiger partial charge in [0, 0.05) is 38.7 Å². The predicted octanol–water partition coefficient (Wildman–Crippen LogP) is 1.92. The van der Waals surface area contributed by atoms with Gasteiger partial charge < -0.3 is 14.5 Å². The molecule has 5 nitrogen and oxygen atoms in total. The molecule has 0 atom stereocenters. The third-order valence-electron chi connectivity index (χ3n) is 3.71. The van der Waals surface area contributed by atoms with E-state index >= 15 is 0 Å². The van der Waals surface area contributed by atoms with Gasteiger partial charge >= 0.3 is 0 Å². The second kappa shape index (κ2) is 7.24. The Morgan fingerprint density at radius 2 is 1.86 bits per heavy atom. The van der Waals surface area contributed by atoms with E-state index in [4.69, 9.17) is 4.74 Å². The van der Waals surface area contributed by atoms with Gasteiger partial charge in [0.2, 0.25) is 5.91 Å². The Balaban J connectivity index is 2.08. The molecule has 1 aliphatic rings. The molecule has 0 radical (unpaired) electrons. The second-order valence-corrected chi connectivity index (χ2v) is 5.23. The monoisotopic (exact) mass is 308 g/mol. The fourth-order valence-electron chi connectivity index (χ4n) is 2.52. The van der Waals surface area contributed by atoms with Crippen molar-refractivity contribution in [3.63, 3.8) is 0 Å². The van der Waals surface area contributed by atoms with Gasteiger partial charge in [0.1, 0.15) is 0 Å². The Morgan fingerprint density at radius 3 is 2.50 bits per heavy atom. The molecule has 0 unspecified atom stereocenters. The highest BCUT2D eigenvalue weighted by atomic mass is 19.1. The Morgan fingerprint density at radius 1 is 1.18 bits per heavy atom. The zero-order chi connectivity index (χ0) is 16.1. The smallest absolute Gasteiger partial charge is 0.254 e. The summed E-state index contributed by atoms with van der Waals surface area (Å²) in [5.41, 5.74) is 0.303. The van der Waals surface area contributed by atoms with Crippen molar-refractivity contribution in [3.8, 4) is 5.75 Å². The lowest BCUT2D eigenvalue weighted by molar-refractivity contribution is -0.128. The lowest BCUT2D eigenvalue weighted by Crippen LogP contribution is -2.36. The van der Waals surface area contributed by atoms with Crippen LogP contribution < -0.4 is 4.74 Å². The van der Waals surface area contributed by atoms with Crippen LogP contribution in [0.3, 0.4) is 0 Å². The summed E-state index contributed by atoms with van der Waals surface area (Å²) in [6.07, 6.45) is 0.727. The molecule has 0 aromatic heterocycles. The van der Waals surface area contributed by atoms with Crippen LogP contribution in [0.5, 0.6) is 5.75 Å². The first kappa shape index (κ1) is 16.3. The van der Waals surface area contributed by atoms with Gasteiger partial charge in [-0.2, -0.15) is 0 Å². The summed E-state index contributed by atoms with van der Waals surface area (Å²) in [6.45, 7) is 5.87. The van der Waals surface area contributed by atoms with Crippen molar-refractivity contribution in [1.29, 1.82) is 0 Å². The van der Waals surface area contributed by atoms with Gasteiger partial charge in [0.15, 0.2) is 11.6 Å². The number of rotatable bonds is 3. The number of carbonyl (C=O) groups is 2. The van der Waals surface area contributed by atoms with Crippen LogP contribution in [-0.4, -0.2) is 54.4 Å². The van der Waals surface area contributed by atoms with E-state index in [0.29, 0.717) is 38.3 Å². The zero-order valence-electron chi connectivity index (χ0n) is 13.0. The Bertz CT molecular complexity index is 562. The highest BCUT2D eigenvalue weighted by Crippen LogP contribution is 2.19. The summed E-state index contributed by atoms with van der Waals surface area (Å²) < 4.78 is 19.0. The minimum atomic E-state index is -0.534. The molecule has 120 valence electrons. The van der Waals surface area contributed by atoms with Gasteiger partial charge in [-0.1, -0.05) is 0 Å². The van der Waals surface area contributed by atoms with Crippen molar-refractivity contribution < 1.29 is 18.7 Å². The van der Waals surface area contributed by atoms with Crippen LogP contribution in [0.15, 0.2) is 18.2 Å². The summed E-state index contributed by atoms with van der Waals surface area (Å²) in [4.78, 5) is 27.3. The quantitative estimate of drug-likeness (QED) is 0.857. The third kappa shape index (κ3) is 3.75. The molecule has 0 saturated carbocycles. The van der Waals surface area contributed by atoms with Gasteiger partial charge in [0.25, 0.3) is 5.91 Å². The predicted molar refractivity (Wildman–Crippen MR) is 80.3 cm³/mol. The molecule has 2 amide bonds. The van der Waals surface area contributed by atoms with Crippen molar-refractivity contribution in [2.45, 2.75) is 20.3 Å². The topological polar surface area (TPSA) is 49.9 Å². The molecule has 1 aromatic carbocycles. The standard InChI is InChI=1S/C16H21FN2O3/c1-3-22-15-6-5-13(11-14(15)17)16(21)19-8-4-7-18(9-10-19)12(2)20/h5-6,11H,3-4,7-10H2,1-2H3. The van der Waals surface area contributed by atoms with E-state index in [1.165, 1.54) is 19.1 Å². The first-order valence-electron chi connectivity index (χ1n) is 7.50. The normalized spacial score (nSPS) is 15.4. The Hall–Kier alpha value is -2.11. The molecule has 6 heteroatoms. The summed E-state index contributed by atoms with van der Waals surface area (Å²) in [5.74, 6) is -0.584. The van der Waals surface area contributed by atoms with Crippen LogP contribution >= 0.6 is 0 Å². The average Bonchev–Trinajstić information content (AvgIpc) is 2.75. The van der Waals surface area contributed by atoms with Crippen molar-refractivity contribution in [2.75, 3.05) is 32.8 Å². The number of nitrogens with zero attached hydrogens (tertiary/aromatic N) is 2. The van der Waals surface area contributed by atoms with E-state index in [-0.39, 0.29) is 17.6 Å². The molecule has 2 rings (SSSR count). The minimum Gasteiger partial charge on any atom is -0.491 e. The van der Waals surface area contributed by atoms with Crippen molar-refractivity contribution in [3.05, 3.63) is 29.6 Å². The Labute approximate surface area is 129 Å². The molecule has 22 heavy (non-hydrogen) atoms. The highest BCUT2D eigenvalue weighted by Gasteiger charge is 2.22. The molecule has 0 N–H and O–H groups in total. The fraction of sp³-hybridized carbons (Fsp3) is 0.500. The van der Waals surface area contributed by atoms with Crippen molar-refractivity contribution in [2.24, 2.45) is 0 Å². The van der Waals surface area contributed by atoms with Crippen LogP contribution in [0.2, 0.25) is 0 Å². The number of hydrogen-bond donors (Lipinski definition) is 0. The van der Waals surface area contributed by atoms with E-state index in [2.05, 4.69) is 0 Å². The number of amides is 2. The van der Waals surface area contributed by atoms with Crippen LogP contribution in [0.25, 0.3) is 0 Å². The molecule has 0 bridgehead atoms. The van der Waals surface area contributed by atoms with Crippen molar-refractivity contribution in [1.82, 2.24) is 9.80 Å². The molecule has 1 heterocycles. The molecular weight excluding hydrogens is 287 g/mol. The summed E-state index contributed by atoms with van der Waals surface area (Å²) in [7, 11) is 0. The molecule has 0 aliphatic carbocycles. The average molecular weight is 308 g/mol. The molecular formula is C16H21FN2O3. The minimum absolute atomic E-state index is 0.0152. The van der Waals surface area contributed by atoms with E-state index in [9.17, 15) is 14.0 Å². The largest absolute Gasteiger partial charge is 0.491 e. The number of ether oxygens (including phenoxy) is 1. The van der Waals surface area contributed by atoms with Crippen LogP contribution in [0, 0.1) is 5.82 Å². The maximum Gasteiger partial charge on any atom is 0.254 e. The summed E-state index contributed by atoms with van der Waals surface area (Å²) in [5, 5.41) is 0. The van der Waals surface area contributed by atoms with E-state index in [1.54, 1.807) is 22.8 Å². The zero-order valence-corrected chi connectivity index (χ0v) is 13.0. The lowest BCUT2D eigenvalue weighted by atomic mass is 10.1.